The van der Waals surface area contributed by atoms with Crippen LogP contribution in [0, 0.1) is 12.3 Å². The summed E-state index contributed by atoms with van der Waals surface area (Å²) < 4.78 is 46.4. The number of benzene rings is 2. The summed E-state index contributed by atoms with van der Waals surface area (Å²) in [5.41, 5.74) is 0.481. The van der Waals surface area contributed by atoms with Crippen LogP contribution in [0.3, 0.4) is 0 Å². The molecule has 0 fully saturated rings. The van der Waals surface area contributed by atoms with Crippen LogP contribution < -0.4 is 11.0 Å². The summed E-state index contributed by atoms with van der Waals surface area (Å²) in [6, 6.07) is 10.4. The van der Waals surface area contributed by atoms with E-state index in [1.807, 2.05) is 18.2 Å². The molecule has 0 amide bonds. The van der Waals surface area contributed by atoms with Crippen molar-refractivity contribution in [3.63, 3.8) is 0 Å². The Morgan fingerprint density at radius 1 is 1.19 bits per heavy atom. The minimum Gasteiger partial charge on any atom is -0.429 e. The lowest BCUT2D eigenvalue weighted by Gasteiger charge is -2.29. The van der Waals surface area contributed by atoms with Gasteiger partial charge in [-0.1, -0.05) is 24.3 Å². The Hall–Kier alpha value is -3.53. The van der Waals surface area contributed by atoms with Gasteiger partial charge in [-0.15, -0.1) is 0 Å². The quantitative estimate of drug-likeness (QED) is 0.358. The Bertz CT molecular complexity index is 1320. The highest BCUT2D eigenvalue weighted by atomic mass is 19.4. The number of hydrogen-bond acceptors (Lipinski definition) is 5. The number of aliphatic hydroxyl groups excluding tert-OH is 1. The highest BCUT2D eigenvalue weighted by molar-refractivity contribution is 5.81. The maximum Gasteiger partial charge on any atom is 0.416 e. The van der Waals surface area contributed by atoms with Crippen LogP contribution in [0.5, 0.6) is 0 Å². The SMILES string of the molecule is Cc1cn(Cc2cccc3[nH]c(NC(C)(CO)c4cccc(C(F)(F)F)c4)nc23)c(=N)o1. The predicted molar refractivity (Wildman–Crippen MR) is 112 cm³/mol. The number of anilines is 1. The van der Waals surface area contributed by atoms with E-state index in [0.717, 1.165) is 17.7 Å². The van der Waals surface area contributed by atoms with Crippen LogP contribution in [0.25, 0.3) is 11.0 Å². The van der Waals surface area contributed by atoms with Gasteiger partial charge < -0.3 is 19.8 Å². The number of fused-ring (bicyclic) bond motifs is 1. The third kappa shape index (κ3) is 4.13. The van der Waals surface area contributed by atoms with Crippen LogP contribution in [0.1, 0.15) is 29.4 Å². The van der Waals surface area contributed by atoms with Crippen molar-refractivity contribution in [3.05, 3.63) is 76.8 Å². The van der Waals surface area contributed by atoms with Crippen molar-refractivity contribution in [1.82, 2.24) is 14.5 Å². The number of aromatic amines is 1. The second kappa shape index (κ2) is 7.86. The maximum atomic E-state index is 13.2. The molecule has 1 unspecified atom stereocenters. The molecule has 0 aliphatic heterocycles. The molecule has 10 heteroatoms. The van der Waals surface area contributed by atoms with Gasteiger partial charge in [0.15, 0.2) is 0 Å². The number of alkyl halides is 3. The minimum atomic E-state index is -4.49. The molecule has 32 heavy (non-hydrogen) atoms. The Balaban J connectivity index is 1.68. The summed E-state index contributed by atoms with van der Waals surface area (Å²) in [4.78, 5) is 7.68. The summed E-state index contributed by atoms with van der Waals surface area (Å²) in [6.07, 6.45) is -2.76. The molecule has 4 N–H and O–H groups in total. The summed E-state index contributed by atoms with van der Waals surface area (Å²) in [5, 5.41) is 21.0. The first kappa shape index (κ1) is 21.7. The van der Waals surface area contributed by atoms with E-state index in [2.05, 4.69) is 15.3 Å². The molecule has 7 nitrogen and oxygen atoms in total. The van der Waals surface area contributed by atoms with Gasteiger partial charge in [-0.25, -0.2) is 4.98 Å². The number of hydrogen-bond donors (Lipinski definition) is 4. The van der Waals surface area contributed by atoms with Gasteiger partial charge in [0.05, 0.1) is 35.3 Å². The van der Waals surface area contributed by atoms with Crippen molar-refractivity contribution in [1.29, 1.82) is 5.41 Å². The van der Waals surface area contributed by atoms with Crippen molar-refractivity contribution in [2.45, 2.75) is 32.1 Å². The van der Waals surface area contributed by atoms with Crippen LogP contribution >= 0.6 is 0 Å². The van der Waals surface area contributed by atoms with Crippen LogP contribution in [-0.4, -0.2) is 26.2 Å². The molecule has 0 saturated carbocycles. The van der Waals surface area contributed by atoms with Gasteiger partial charge in [0, 0.05) is 6.20 Å². The van der Waals surface area contributed by atoms with Crippen LogP contribution in [0.2, 0.25) is 0 Å². The average molecular weight is 445 g/mol. The second-order valence-electron chi connectivity index (χ2n) is 7.87. The molecule has 0 bridgehead atoms. The zero-order valence-electron chi connectivity index (χ0n) is 17.4. The lowest BCUT2D eigenvalue weighted by molar-refractivity contribution is -0.137. The molecule has 4 rings (SSSR count). The van der Waals surface area contributed by atoms with E-state index in [0.29, 0.717) is 29.3 Å². The topological polar surface area (TPSA) is 103 Å². The van der Waals surface area contributed by atoms with Gasteiger partial charge in [0.25, 0.3) is 5.68 Å². The lowest BCUT2D eigenvalue weighted by atomic mass is 9.91. The predicted octanol–water partition coefficient (Wildman–Crippen LogP) is 4.13. The lowest BCUT2D eigenvalue weighted by Crippen LogP contribution is -2.36. The van der Waals surface area contributed by atoms with E-state index in [4.69, 9.17) is 9.83 Å². The van der Waals surface area contributed by atoms with Gasteiger partial charge in [-0.3, -0.25) is 9.98 Å². The Kier molecular flexibility index (Phi) is 5.33. The van der Waals surface area contributed by atoms with E-state index in [1.54, 1.807) is 24.6 Å². The highest BCUT2D eigenvalue weighted by Crippen LogP contribution is 2.33. The number of para-hydroxylation sites is 1. The van der Waals surface area contributed by atoms with Gasteiger partial charge in [-0.05, 0) is 43.2 Å². The first-order chi connectivity index (χ1) is 15.1. The number of nitrogens with zero attached hydrogens (tertiary/aromatic N) is 2. The van der Waals surface area contributed by atoms with Crippen LogP contribution in [-0.2, 0) is 18.3 Å². The number of halogens is 3. The molecule has 0 spiro atoms. The molecular formula is C22H22F3N5O2. The summed E-state index contributed by atoms with van der Waals surface area (Å²) in [5.74, 6) is 0.923. The van der Waals surface area contributed by atoms with Crippen LogP contribution in [0.4, 0.5) is 19.1 Å². The fraction of sp³-hybridized carbons (Fsp3) is 0.273. The highest BCUT2D eigenvalue weighted by Gasteiger charge is 2.34. The number of nitrogens with one attached hydrogen (secondary N) is 3. The Morgan fingerprint density at radius 2 is 1.91 bits per heavy atom. The van der Waals surface area contributed by atoms with Crippen molar-refractivity contribution >= 4 is 17.0 Å². The number of aromatic nitrogens is 3. The molecule has 4 aromatic rings. The monoisotopic (exact) mass is 445 g/mol. The Morgan fingerprint density at radius 3 is 2.56 bits per heavy atom. The number of aliphatic hydroxyl groups is 1. The fourth-order valence-electron chi connectivity index (χ4n) is 3.60. The zero-order chi connectivity index (χ0) is 23.1. The molecule has 2 heterocycles. The fourth-order valence-corrected chi connectivity index (χ4v) is 3.60. The Labute approximate surface area is 181 Å². The number of H-pyrrole nitrogens is 1. The summed E-state index contributed by atoms with van der Waals surface area (Å²) >= 11 is 0. The van der Waals surface area contributed by atoms with Gasteiger partial charge in [0.2, 0.25) is 5.95 Å². The number of oxazole rings is 1. The molecule has 0 radical (unpaired) electrons. The second-order valence-corrected chi connectivity index (χ2v) is 7.87. The van der Waals surface area contributed by atoms with Crippen molar-refractivity contribution in [2.24, 2.45) is 0 Å². The van der Waals surface area contributed by atoms with Crippen LogP contribution in [0.15, 0.2) is 53.1 Å². The number of imidazole rings is 1. The molecule has 2 aromatic heterocycles. The minimum absolute atomic E-state index is 0.0192. The summed E-state index contributed by atoms with van der Waals surface area (Å²) in [7, 11) is 0. The van der Waals surface area contributed by atoms with E-state index in [9.17, 15) is 18.3 Å². The smallest absolute Gasteiger partial charge is 0.416 e. The third-order valence-electron chi connectivity index (χ3n) is 5.33. The van der Waals surface area contributed by atoms with Crippen molar-refractivity contribution in [3.8, 4) is 0 Å². The van der Waals surface area contributed by atoms with Crippen molar-refractivity contribution < 1.29 is 22.7 Å². The van der Waals surface area contributed by atoms with E-state index in [-0.39, 0.29) is 11.2 Å². The average Bonchev–Trinajstić information content (AvgIpc) is 3.29. The van der Waals surface area contributed by atoms with Crippen molar-refractivity contribution in [2.75, 3.05) is 11.9 Å². The molecular weight excluding hydrogens is 423 g/mol. The first-order valence-corrected chi connectivity index (χ1v) is 9.85. The molecule has 1 atom stereocenters. The zero-order valence-corrected chi connectivity index (χ0v) is 17.4. The number of rotatable bonds is 6. The van der Waals surface area contributed by atoms with E-state index in [1.165, 1.54) is 12.1 Å². The first-order valence-electron chi connectivity index (χ1n) is 9.85. The van der Waals surface area contributed by atoms with Gasteiger partial charge >= 0.3 is 6.18 Å². The normalized spacial score (nSPS) is 13.9. The van der Waals surface area contributed by atoms with Gasteiger partial charge in [0.1, 0.15) is 5.76 Å². The van der Waals surface area contributed by atoms with E-state index >= 15 is 0 Å². The largest absolute Gasteiger partial charge is 0.429 e. The standard InChI is InChI=1S/C22H22F3N5O2/c1-13-10-30(19(26)32-13)11-14-5-3-8-17-18(14)28-20(27-17)29-21(2,12-31)15-6-4-7-16(9-15)22(23,24)25/h3-10,26,31H,11-12H2,1-2H3,(H2,27,28,29). The molecule has 0 aliphatic rings. The molecule has 2 aromatic carbocycles. The molecule has 0 aliphatic carbocycles. The molecule has 168 valence electrons. The summed E-state index contributed by atoms with van der Waals surface area (Å²) in [6.45, 7) is 3.27. The molecule has 0 saturated heterocycles. The third-order valence-corrected chi connectivity index (χ3v) is 5.33. The van der Waals surface area contributed by atoms with E-state index < -0.39 is 23.9 Å². The maximum absolute atomic E-state index is 13.2. The number of aryl methyl sites for hydroxylation is 1. The van der Waals surface area contributed by atoms with Gasteiger partial charge in [-0.2, -0.15) is 13.2 Å².